The highest BCUT2D eigenvalue weighted by atomic mass is 14.7. The summed E-state index contributed by atoms with van der Waals surface area (Å²) >= 11 is 0. The minimum Gasteiger partial charge on any atom is -0.325 e. The average Bonchev–Trinajstić information content (AvgIpc) is 2.27. The predicted molar refractivity (Wildman–Crippen MR) is 63.7 cm³/mol. The number of nitrogens with two attached hydrogens (primary N) is 1. The Morgan fingerprint density at radius 3 is 2.67 bits per heavy atom. The van der Waals surface area contributed by atoms with E-state index in [-0.39, 0.29) is 0 Å². The van der Waals surface area contributed by atoms with Gasteiger partial charge in [0.1, 0.15) is 0 Å². The predicted octanol–water partition coefficient (Wildman–Crippen LogP) is 2.82. The lowest BCUT2D eigenvalue weighted by molar-refractivity contribution is 0.865. The highest BCUT2D eigenvalue weighted by molar-refractivity contribution is 5.82. The molecule has 0 saturated heterocycles. The summed E-state index contributed by atoms with van der Waals surface area (Å²) in [7, 11) is 0. The van der Waals surface area contributed by atoms with Crippen molar-refractivity contribution >= 4 is 10.9 Å². The summed E-state index contributed by atoms with van der Waals surface area (Å²) in [5.74, 6) is 0.503. The highest BCUT2D eigenvalue weighted by Crippen LogP contribution is 2.24. The molecule has 1 aromatic heterocycles. The molecule has 1 aromatic carbocycles. The molecule has 1 heterocycles. The number of benzene rings is 1. The summed E-state index contributed by atoms with van der Waals surface area (Å²) in [5, 5.41) is 1.24. The SMILES string of the molecule is CC(C)c1cc(CN)nc2ccccc12. The van der Waals surface area contributed by atoms with Gasteiger partial charge < -0.3 is 5.73 Å². The summed E-state index contributed by atoms with van der Waals surface area (Å²) in [6.45, 7) is 4.90. The Kier molecular flexibility index (Phi) is 2.69. The van der Waals surface area contributed by atoms with Crippen LogP contribution in [0.25, 0.3) is 10.9 Å². The molecule has 0 radical (unpaired) electrons. The van der Waals surface area contributed by atoms with E-state index in [1.807, 2.05) is 12.1 Å². The van der Waals surface area contributed by atoms with Crippen molar-refractivity contribution < 1.29 is 0 Å². The molecule has 0 spiro atoms. The molecule has 2 heteroatoms. The minimum absolute atomic E-state index is 0.503. The summed E-state index contributed by atoms with van der Waals surface area (Å²) in [6, 6.07) is 10.4. The molecule has 0 bridgehead atoms. The molecule has 0 amide bonds. The molecule has 0 aliphatic heterocycles. The van der Waals surface area contributed by atoms with Crippen LogP contribution >= 0.6 is 0 Å². The first-order valence-corrected chi connectivity index (χ1v) is 5.31. The lowest BCUT2D eigenvalue weighted by Gasteiger charge is -2.11. The first-order chi connectivity index (χ1) is 7.22. The van der Waals surface area contributed by atoms with Crippen molar-refractivity contribution in [3.63, 3.8) is 0 Å². The third-order valence-corrected chi connectivity index (χ3v) is 2.63. The number of pyridine rings is 1. The van der Waals surface area contributed by atoms with Crippen LogP contribution in [0.15, 0.2) is 30.3 Å². The van der Waals surface area contributed by atoms with E-state index in [0.717, 1.165) is 11.2 Å². The maximum absolute atomic E-state index is 5.65. The zero-order valence-corrected chi connectivity index (χ0v) is 9.20. The molecule has 78 valence electrons. The van der Waals surface area contributed by atoms with Crippen molar-refractivity contribution in [3.05, 3.63) is 41.6 Å². The fourth-order valence-electron chi connectivity index (χ4n) is 1.84. The number of nitrogens with zero attached hydrogens (tertiary/aromatic N) is 1. The van der Waals surface area contributed by atoms with Crippen LogP contribution < -0.4 is 5.73 Å². The Morgan fingerprint density at radius 2 is 2.00 bits per heavy atom. The van der Waals surface area contributed by atoms with E-state index in [1.54, 1.807) is 0 Å². The van der Waals surface area contributed by atoms with Crippen LogP contribution in [0.3, 0.4) is 0 Å². The molecule has 2 N–H and O–H groups in total. The third-order valence-electron chi connectivity index (χ3n) is 2.63. The highest BCUT2D eigenvalue weighted by Gasteiger charge is 2.07. The van der Waals surface area contributed by atoms with Crippen LogP contribution in [-0.2, 0) is 6.54 Å². The van der Waals surface area contributed by atoms with Crippen molar-refractivity contribution in [1.29, 1.82) is 0 Å². The fraction of sp³-hybridized carbons (Fsp3) is 0.308. The van der Waals surface area contributed by atoms with Gasteiger partial charge in [0, 0.05) is 11.9 Å². The lowest BCUT2D eigenvalue weighted by atomic mass is 9.98. The van der Waals surface area contributed by atoms with Crippen LogP contribution in [-0.4, -0.2) is 4.98 Å². The van der Waals surface area contributed by atoms with Crippen molar-refractivity contribution in [2.45, 2.75) is 26.3 Å². The van der Waals surface area contributed by atoms with Crippen LogP contribution in [0, 0.1) is 0 Å². The van der Waals surface area contributed by atoms with Gasteiger partial charge in [0.2, 0.25) is 0 Å². The van der Waals surface area contributed by atoms with Gasteiger partial charge in [0.25, 0.3) is 0 Å². The van der Waals surface area contributed by atoms with Crippen LogP contribution in [0.2, 0.25) is 0 Å². The van der Waals surface area contributed by atoms with E-state index >= 15 is 0 Å². The second kappa shape index (κ2) is 3.99. The standard InChI is InChI=1S/C13H16N2/c1-9(2)12-7-10(8-14)15-13-6-4-3-5-11(12)13/h3-7,9H,8,14H2,1-2H3. The summed E-state index contributed by atoms with van der Waals surface area (Å²) in [4.78, 5) is 4.51. The molecule has 0 saturated carbocycles. The van der Waals surface area contributed by atoms with E-state index in [4.69, 9.17) is 5.73 Å². The second-order valence-corrected chi connectivity index (χ2v) is 4.08. The van der Waals surface area contributed by atoms with Crippen LogP contribution in [0.5, 0.6) is 0 Å². The number of hydrogen-bond acceptors (Lipinski definition) is 2. The molecule has 2 nitrogen and oxygen atoms in total. The number of para-hydroxylation sites is 1. The van der Waals surface area contributed by atoms with Crippen molar-refractivity contribution in [3.8, 4) is 0 Å². The molecule has 0 unspecified atom stereocenters. The third kappa shape index (κ3) is 1.85. The molecular weight excluding hydrogens is 184 g/mol. The molecule has 0 atom stereocenters. The molecule has 2 aromatic rings. The minimum atomic E-state index is 0.503. The first kappa shape index (κ1) is 10.1. The molecule has 15 heavy (non-hydrogen) atoms. The molecular formula is C13H16N2. The summed E-state index contributed by atoms with van der Waals surface area (Å²) < 4.78 is 0. The number of fused-ring (bicyclic) bond motifs is 1. The van der Waals surface area contributed by atoms with Gasteiger partial charge in [-0.3, -0.25) is 4.98 Å². The molecule has 0 aliphatic carbocycles. The van der Waals surface area contributed by atoms with Crippen molar-refractivity contribution in [2.24, 2.45) is 5.73 Å². The Hall–Kier alpha value is -1.41. The zero-order valence-electron chi connectivity index (χ0n) is 9.20. The molecule has 0 fully saturated rings. The quantitative estimate of drug-likeness (QED) is 0.809. The van der Waals surface area contributed by atoms with Crippen molar-refractivity contribution in [1.82, 2.24) is 4.98 Å². The Morgan fingerprint density at radius 1 is 1.27 bits per heavy atom. The van der Waals surface area contributed by atoms with E-state index < -0.39 is 0 Å². The largest absolute Gasteiger partial charge is 0.325 e. The second-order valence-electron chi connectivity index (χ2n) is 4.08. The van der Waals surface area contributed by atoms with Gasteiger partial charge in [-0.1, -0.05) is 32.0 Å². The topological polar surface area (TPSA) is 38.9 Å². The van der Waals surface area contributed by atoms with E-state index in [2.05, 4.69) is 37.0 Å². The smallest absolute Gasteiger partial charge is 0.0708 e. The lowest BCUT2D eigenvalue weighted by Crippen LogP contribution is -2.02. The number of rotatable bonds is 2. The molecule has 0 aliphatic rings. The Balaban J connectivity index is 2.74. The van der Waals surface area contributed by atoms with E-state index in [1.165, 1.54) is 10.9 Å². The summed E-state index contributed by atoms with van der Waals surface area (Å²) in [6.07, 6.45) is 0. The fourth-order valence-corrected chi connectivity index (χ4v) is 1.84. The maximum atomic E-state index is 5.65. The van der Waals surface area contributed by atoms with Gasteiger partial charge in [0.05, 0.1) is 11.2 Å². The van der Waals surface area contributed by atoms with Gasteiger partial charge in [0.15, 0.2) is 0 Å². The van der Waals surface area contributed by atoms with Gasteiger partial charge in [-0.15, -0.1) is 0 Å². The first-order valence-electron chi connectivity index (χ1n) is 5.31. The average molecular weight is 200 g/mol. The monoisotopic (exact) mass is 200 g/mol. The molecule has 2 rings (SSSR count). The van der Waals surface area contributed by atoms with E-state index in [9.17, 15) is 0 Å². The number of aromatic nitrogens is 1. The summed E-state index contributed by atoms with van der Waals surface area (Å²) in [5.41, 5.74) is 9.00. The van der Waals surface area contributed by atoms with Gasteiger partial charge in [-0.2, -0.15) is 0 Å². The number of hydrogen-bond donors (Lipinski definition) is 1. The maximum Gasteiger partial charge on any atom is 0.0708 e. The van der Waals surface area contributed by atoms with Crippen LogP contribution in [0.4, 0.5) is 0 Å². The van der Waals surface area contributed by atoms with Gasteiger partial charge in [-0.25, -0.2) is 0 Å². The Bertz CT molecular complexity index is 475. The van der Waals surface area contributed by atoms with Gasteiger partial charge >= 0.3 is 0 Å². The van der Waals surface area contributed by atoms with E-state index in [0.29, 0.717) is 12.5 Å². The zero-order chi connectivity index (χ0) is 10.8. The van der Waals surface area contributed by atoms with Gasteiger partial charge in [-0.05, 0) is 23.6 Å². The normalized spacial score (nSPS) is 11.2. The van der Waals surface area contributed by atoms with Crippen molar-refractivity contribution in [2.75, 3.05) is 0 Å². The Labute approximate surface area is 90.1 Å². The van der Waals surface area contributed by atoms with Crippen LogP contribution in [0.1, 0.15) is 31.0 Å².